The molecule has 1 aromatic rings. The van der Waals surface area contributed by atoms with Gasteiger partial charge in [-0.15, -0.1) is 0 Å². The van der Waals surface area contributed by atoms with E-state index in [4.69, 9.17) is 4.74 Å². The Morgan fingerprint density at radius 3 is 2.17 bits per heavy atom. The lowest BCUT2D eigenvalue weighted by molar-refractivity contribution is -0.165. The van der Waals surface area contributed by atoms with Gasteiger partial charge >= 0.3 is 6.09 Å². The number of aliphatic imine (C=N–C) groups is 1. The third-order valence-corrected chi connectivity index (χ3v) is 7.53. The number of hydrogen-bond acceptors (Lipinski definition) is 6. The number of carbonyl (C=O) groups is 3. The predicted molar refractivity (Wildman–Crippen MR) is 145 cm³/mol. The number of alkyl halides is 2. The van der Waals surface area contributed by atoms with Crippen molar-refractivity contribution < 1.29 is 27.9 Å². The van der Waals surface area contributed by atoms with E-state index in [2.05, 4.69) is 10.3 Å². The van der Waals surface area contributed by atoms with E-state index in [1.807, 2.05) is 37.8 Å². The molecule has 40 heavy (non-hydrogen) atoms. The highest BCUT2D eigenvalue weighted by Gasteiger charge is 2.46. The summed E-state index contributed by atoms with van der Waals surface area (Å²) in [6, 6.07) is 7.54. The number of likely N-dealkylation sites (tertiary alicyclic amines) is 2. The van der Waals surface area contributed by atoms with Crippen LogP contribution in [0.15, 0.2) is 41.0 Å². The van der Waals surface area contributed by atoms with E-state index in [-0.39, 0.29) is 43.0 Å². The predicted octanol–water partition coefficient (Wildman–Crippen LogP) is 3.33. The Morgan fingerprint density at radius 1 is 1.02 bits per heavy atom. The molecule has 3 heterocycles. The molecule has 0 atom stereocenters. The summed E-state index contributed by atoms with van der Waals surface area (Å²) in [6.45, 7) is 5.90. The molecule has 216 valence electrons. The number of nitrogens with one attached hydrogen (secondary N) is 1. The Balaban J connectivity index is 1.14. The second kappa shape index (κ2) is 10.8. The largest absolute Gasteiger partial charge is 0.444 e. The molecule has 3 fully saturated rings. The van der Waals surface area contributed by atoms with Crippen molar-refractivity contribution in [1.29, 1.82) is 0 Å². The van der Waals surface area contributed by atoms with Crippen molar-refractivity contribution in [3.05, 3.63) is 47.2 Å². The zero-order valence-electron chi connectivity index (χ0n) is 23.3. The van der Waals surface area contributed by atoms with E-state index in [0.717, 1.165) is 24.0 Å². The lowest BCUT2D eigenvalue weighted by atomic mass is 10.0. The van der Waals surface area contributed by atoms with Gasteiger partial charge in [-0.25, -0.2) is 13.6 Å². The van der Waals surface area contributed by atoms with Gasteiger partial charge in [0.2, 0.25) is 5.91 Å². The molecule has 1 aromatic carbocycles. The lowest BCUT2D eigenvalue weighted by Gasteiger charge is -2.39. The molecular formula is C29H37F2N5O4. The molecule has 11 heteroatoms. The number of piperidine rings is 1. The second-order valence-electron chi connectivity index (χ2n) is 12.1. The molecule has 2 saturated heterocycles. The van der Waals surface area contributed by atoms with Crippen LogP contribution in [0.3, 0.4) is 0 Å². The third kappa shape index (κ3) is 6.62. The summed E-state index contributed by atoms with van der Waals surface area (Å²) >= 11 is 0. The number of halogens is 2. The van der Waals surface area contributed by atoms with Gasteiger partial charge in [0.15, 0.2) is 0 Å². The maximum atomic E-state index is 13.6. The molecule has 4 aliphatic rings. The van der Waals surface area contributed by atoms with Crippen molar-refractivity contribution in [2.45, 2.75) is 76.5 Å². The van der Waals surface area contributed by atoms with Gasteiger partial charge in [-0.2, -0.15) is 0 Å². The van der Waals surface area contributed by atoms with Crippen LogP contribution in [0.4, 0.5) is 13.6 Å². The van der Waals surface area contributed by atoms with Crippen LogP contribution >= 0.6 is 0 Å². The van der Waals surface area contributed by atoms with Crippen LogP contribution in [0, 0.1) is 0 Å². The average molecular weight is 558 g/mol. The Morgan fingerprint density at radius 2 is 1.65 bits per heavy atom. The van der Waals surface area contributed by atoms with Crippen molar-refractivity contribution in [3.63, 3.8) is 0 Å². The highest BCUT2D eigenvalue weighted by Crippen LogP contribution is 2.34. The zero-order chi connectivity index (χ0) is 28.7. The molecule has 0 bridgehead atoms. The summed E-state index contributed by atoms with van der Waals surface area (Å²) in [5.74, 6) is -2.47. The van der Waals surface area contributed by atoms with Gasteiger partial charge in [0.1, 0.15) is 11.4 Å². The van der Waals surface area contributed by atoms with E-state index in [1.165, 1.54) is 4.90 Å². The summed E-state index contributed by atoms with van der Waals surface area (Å²) in [4.78, 5) is 47.7. The van der Waals surface area contributed by atoms with Crippen molar-refractivity contribution >= 4 is 23.7 Å². The number of nitrogens with zero attached hydrogens (tertiary/aromatic N) is 4. The van der Waals surface area contributed by atoms with Gasteiger partial charge in [-0.1, -0.05) is 24.3 Å². The Hall–Kier alpha value is -3.50. The third-order valence-electron chi connectivity index (χ3n) is 7.53. The average Bonchev–Trinajstić information content (AvgIpc) is 3.72. The van der Waals surface area contributed by atoms with E-state index < -0.39 is 24.6 Å². The minimum absolute atomic E-state index is 0.0149. The van der Waals surface area contributed by atoms with E-state index in [9.17, 15) is 23.2 Å². The highest BCUT2D eigenvalue weighted by molar-refractivity contribution is 6.03. The smallest absolute Gasteiger partial charge is 0.410 e. The summed E-state index contributed by atoms with van der Waals surface area (Å²) in [5, 5.41) is 3.15. The standard InChI is InChI=1S/C29H37F2N5O4/c1-28(2,3)40-27(39)34-12-10-23(11-13-34)36(22-8-9-22)26(38)21-15-32-25(33-16-21)20-6-4-19(5-7-20)14-24(37)35-17-29(30,31)18-35/h4-7,15,22-23H,8-14,16-18H2,1-3H3,(H,32,33). The molecule has 9 nitrogen and oxygen atoms in total. The van der Waals surface area contributed by atoms with Crippen LogP contribution in [0.5, 0.6) is 0 Å². The topological polar surface area (TPSA) is 94.5 Å². The molecule has 0 radical (unpaired) electrons. The number of carbonyl (C=O) groups excluding carboxylic acids is 3. The maximum Gasteiger partial charge on any atom is 0.410 e. The number of ether oxygens (including phenoxy) is 1. The lowest BCUT2D eigenvalue weighted by Crippen LogP contribution is -2.58. The van der Waals surface area contributed by atoms with Crippen molar-refractivity contribution in [3.8, 4) is 0 Å². The zero-order valence-corrected chi connectivity index (χ0v) is 23.3. The number of amidine groups is 1. The first kappa shape index (κ1) is 28.0. The Kier molecular flexibility index (Phi) is 7.58. The highest BCUT2D eigenvalue weighted by atomic mass is 19.3. The fraction of sp³-hybridized carbons (Fsp3) is 0.586. The van der Waals surface area contributed by atoms with Gasteiger partial charge in [-0.3, -0.25) is 14.6 Å². The van der Waals surface area contributed by atoms with Crippen molar-refractivity contribution in [2.75, 3.05) is 32.7 Å². The van der Waals surface area contributed by atoms with E-state index in [0.29, 0.717) is 37.3 Å². The van der Waals surface area contributed by atoms with Crippen LogP contribution in [-0.4, -0.2) is 94.8 Å². The first-order valence-corrected chi connectivity index (χ1v) is 13.9. The molecule has 0 unspecified atom stereocenters. The fourth-order valence-corrected chi connectivity index (χ4v) is 5.27. The molecule has 3 amide bonds. The number of amides is 3. The molecule has 1 saturated carbocycles. The fourth-order valence-electron chi connectivity index (χ4n) is 5.27. The van der Waals surface area contributed by atoms with Crippen molar-refractivity contribution in [1.82, 2.24) is 20.0 Å². The molecule has 1 aliphatic carbocycles. The molecule has 1 N–H and O–H groups in total. The first-order chi connectivity index (χ1) is 18.9. The van der Waals surface area contributed by atoms with Crippen LogP contribution < -0.4 is 5.32 Å². The normalized spacial score (nSPS) is 21.0. The van der Waals surface area contributed by atoms with Gasteiger partial charge in [0.25, 0.3) is 11.8 Å². The Labute approximate surface area is 233 Å². The SMILES string of the molecule is CC(C)(C)OC(=O)N1CCC(N(C(=O)C2=CNC(c3ccc(CC(=O)N4CC(F)(F)C4)cc3)=NC2)C2CC2)CC1. The summed E-state index contributed by atoms with van der Waals surface area (Å²) in [7, 11) is 0. The quantitative estimate of drug-likeness (QED) is 0.579. The Bertz CT molecular complexity index is 1200. The van der Waals surface area contributed by atoms with Crippen LogP contribution in [-0.2, 0) is 20.7 Å². The van der Waals surface area contributed by atoms with E-state index >= 15 is 0 Å². The minimum Gasteiger partial charge on any atom is -0.444 e. The first-order valence-electron chi connectivity index (χ1n) is 13.9. The van der Waals surface area contributed by atoms with Crippen molar-refractivity contribution in [2.24, 2.45) is 4.99 Å². The number of benzene rings is 1. The van der Waals surface area contributed by atoms with Gasteiger partial charge in [-0.05, 0) is 52.0 Å². The number of hydrogen-bond donors (Lipinski definition) is 1. The summed E-state index contributed by atoms with van der Waals surface area (Å²) in [6.07, 6.45) is 4.89. The monoisotopic (exact) mass is 557 g/mol. The maximum absolute atomic E-state index is 13.6. The molecule has 0 spiro atoms. The second-order valence-corrected chi connectivity index (χ2v) is 12.1. The van der Waals surface area contributed by atoms with Gasteiger partial charge in [0, 0.05) is 36.9 Å². The molecular weight excluding hydrogens is 520 g/mol. The summed E-state index contributed by atoms with van der Waals surface area (Å²) < 4.78 is 31.6. The minimum atomic E-state index is -2.77. The van der Waals surface area contributed by atoms with Crippen LogP contribution in [0.2, 0.25) is 0 Å². The summed E-state index contributed by atoms with van der Waals surface area (Å²) in [5.41, 5.74) is 1.60. The number of rotatable bonds is 6. The van der Waals surface area contributed by atoms with E-state index in [1.54, 1.807) is 23.2 Å². The molecule has 3 aliphatic heterocycles. The molecule has 0 aromatic heterocycles. The molecule has 5 rings (SSSR count). The van der Waals surface area contributed by atoms with Gasteiger partial charge < -0.3 is 24.8 Å². The van der Waals surface area contributed by atoms with Crippen LogP contribution in [0.1, 0.15) is 57.6 Å². The van der Waals surface area contributed by atoms with Gasteiger partial charge in [0.05, 0.1) is 31.6 Å². The van der Waals surface area contributed by atoms with Crippen LogP contribution in [0.25, 0.3) is 0 Å².